The Kier molecular flexibility index (Phi) is 49.4. The maximum absolute atomic E-state index is 13.4. The number of ether oxygens (including phenoxy) is 6. The zero-order valence-electron chi connectivity index (χ0n) is 56.7. The van der Waals surface area contributed by atoms with Gasteiger partial charge >= 0.3 is 0 Å². The van der Waals surface area contributed by atoms with Crippen LogP contribution < -0.4 is 5.32 Å². The lowest BCUT2D eigenvalue weighted by molar-refractivity contribution is -0.379. The highest BCUT2D eigenvalue weighted by Gasteiger charge is 2.53. The van der Waals surface area contributed by atoms with Gasteiger partial charge < -0.3 is 89.9 Å². The molecule has 536 valence electrons. The summed E-state index contributed by atoms with van der Waals surface area (Å²) in [4.78, 5) is 13.4. The Morgan fingerprint density at radius 3 is 1.16 bits per heavy atom. The lowest BCUT2D eigenvalue weighted by Gasteiger charge is -2.48. The molecule has 19 heteroatoms. The molecule has 17 unspecified atom stereocenters. The monoisotopic (exact) mass is 1320 g/mol. The van der Waals surface area contributed by atoms with Crippen molar-refractivity contribution in [1.29, 1.82) is 0 Å². The molecule has 0 saturated carbocycles. The Bertz CT molecular complexity index is 2060. The zero-order valence-corrected chi connectivity index (χ0v) is 56.7. The zero-order chi connectivity index (χ0) is 67.5. The topological polar surface area (TPSA) is 307 Å². The van der Waals surface area contributed by atoms with Gasteiger partial charge in [-0.1, -0.05) is 246 Å². The third-order valence-electron chi connectivity index (χ3n) is 17.4. The first-order valence-corrected chi connectivity index (χ1v) is 36.0. The van der Waals surface area contributed by atoms with Crippen molar-refractivity contribution in [3.63, 3.8) is 0 Å². The minimum Gasteiger partial charge on any atom is -0.394 e. The summed E-state index contributed by atoms with van der Waals surface area (Å²) in [6.45, 7) is 1.66. The van der Waals surface area contributed by atoms with Crippen molar-refractivity contribution in [2.45, 2.75) is 336 Å². The predicted octanol–water partition coefficient (Wildman–Crippen LogP) is 10.0. The molecule has 19 nitrogen and oxygen atoms in total. The van der Waals surface area contributed by atoms with E-state index in [-0.39, 0.29) is 18.9 Å². The van der Waals surface area contributed by atoms with E-state index < -0.39 is 124 Å². The van der Waals surface area contributed by atoms with E-state index in [1.165, 1.54) is 89.9 Å². The number of allylic oxidation sites excluding steroid dienone is 16. The van der Waals surface area contributed by atoms with Crippen LogP contribution in [0.4, 0.5) is 0 Å². The highest BCUT2D eigenvalue weighted by molar-refractivity contribution is 5.76. The normalized spacial score (nSPS) is 28.1. The summed E-state index contributed by atoms with van der Waals surface area (Å²) in [6, 6.07) is -0.895. The van der Waals surface area contributed by atoms with Crippen molar-refractivity contribution < 1.29 is 89.4 Å². The fraction of sp³-hybridized carbons (Fsp3) is 0.770. The van der Waals surface area contributed by atoms with E-state index in [4.69, 9.17) is 28.4 Å². The molecule has 0 spiro atoms. The van der Waals surface area contributed by atoms with Crippen LogP contribution in [0.5, 0.6) is 0 Å². The Morgan fingerprint density at radius 2 is 0.742 bits per heavy atom. The quantitative estimate of drug-likeness (QED) is 0.0199. The van der Waals surface area contributed by atoms with E-state index >= 15 is 0 Å². The van der Waals surface area contributed by atoms with Crippen LogP contribution in [0, 0.1) is 0 Å². The molecular formula is C74H127NO18. The Labute approximate surface area is 558 Å². The van der Waals surface area contributed by atoms with Crippen molar-refractivity contribution in [2.75, 3.05) is 26.4 Å². The van der Waals surface area contributed by atoms with Gasteiger partial charge in [-0.05, 0) is 77.0 Å². The van der Waals surface area contributed by atoms with Gasteiger partial charge in [-0.25, -0.2) is 0 Å². The third-order valence-corrected chi connectivity index (χ3v) is 17.4. The van der Waals surface area contributed by atoms with E-state index in [1.807, 2.05) is 0 Å². The number of carbonyl (C=O) groups excluding carboxylic acids is 1. The second-order valence-electron chi connectivity index (χ2n) is 25.3. The number of unbranched alkanes of at least 4 members (excludes halogenated alkanes) is 22. The minimum atomic E-state index is -1.98. The molecule has 3 aliphatic heterocycles. The largest absolute Gasteiger partial charge is 0.394 e. The molecule has 0 aromatic carbocycles. The number of nitrogens with one attached hydrogen (secondary N) is 1. The molecule has 1 amide bonds. The van der Waals surface area contributed by atoms with Crippen LogP contribution in [0.15, 0.2) is 97.2 Å². The first-order valence-electron chi connectivity index (χ1n) is 36.0. The second-order valence-corrected chi connectivity index (χ2v) is 25.3. The van der Waals surface area contributed by atoms with Crippen molar-refractivity contribution in [1.82, 2.24) is 5.32 Å². The molecule has 12 N–H and O–H groups in total. The number of aliphatic hydroxyl groups excluding tert-OH is 11. The van der Waals surface area contributed by atoms with Gasteiger partial charge in [-0.2, -0.15) is 0 Å². The second kappa shape index (κ2) is 54.7. The third kappa shape index (κ3) is 36.2. The average Bonchev–Trinajstić information content (AvgIpc) is 0.842. The molecule has 3 aliphatic rings. The number of amides is 1. The van der Waals surface area contributed by atoms with Crippen molar-refractivity contribution in [3.05, 3.63) is 97.2 Å². The van der Waals surface area contributed by atoms with E-state index in [9.17, 15) is 61.0 Å². The van der Waals surface area contributed by atoms with Gasteiger partial charge in [0.25, 0.3) is 0 Å². The standard InChI is InChI=1S/C74H127NO18/c1-3-5-7-9-11-13-15-17-18-19-20-21-22-23-24-25-26-27-28-29-30-31-32-33-34-35-36-37-38-40-42-44-46-48-50-52-62(80)75-57(58(79)51-49-47-45-43-41-39-16-14-12-10-8-6-4-2)56-88-72-68(86)65(83)70(60(54-77)90-72)93-74-69(87)66(84)71(61(55-78)91-74)92-73-67(85)64(82)63(81)59(53-76)89-73/h5,7,11,13,17-18,20-21,23-24,26-27,29-30,32-33,57-61,63-74,76-79,81-87H,3-4,6,8-10,12,14-16,19,22,25,28,31,34-56H2,1-2H3,(H,75,80)/b7-5-,13-11-,18-17-,21-20-,24-23-,27-26-,30-29-,33-32-. The van der Waals surface area contributed by atoms with E-state index in [1.54, 1.807) is 0 Å². The van der Waals surface area contributed by atoms with Crippen molar-refractivity contribution in [3.8, 4) is 0 Å². The van der Waals surface area contributed by atoms with Gasteiger partial charge in [0.1, 0.15) is 73.2 Å². The van der Waals surface area contributed by atoms with E-state index in [0.717, 1.165) is 109 Å². The van der Waals surface area contributed by atoms with Gasteiger partial charge in [0.15, 0.2) is 18.9 Å². The SMILES string of the molecule is CC/C=C\C/C=C\C/C=C\C/C=C\C/C=C\C/C=C\C/C=C\C/C=C\CCCCCCCCCCCCC(=O)NC(COC1OC(CO)C(OC2OC(CO)C(OC3OC(CO)C(O)C(O)C3O)C(O)C2O)C(O)C1O)C(O)CCCCCCCCCCCCCCC. The number of aliphatic hydroxyl groups is 11. The van der Waals surface area contributed by atoms with Gasteiger partial charge in [-0.15, -0.1) is 0 Å². The Balaban J connectivity index is 1.36. The molecule has 0 aliphatic carbocycles. The molecule has 3 fully saturated rings. The maximum Gasteiger partial charge on any atom is 0.220 e. The summed E-state index contributed by atoms with van der Waals surface area (Å²) in [5.41, 5.74) is 0. The lowest BCUT2D eigenvalue weighted by Crippen LogP contribution is -2.66. The minimum absolute atomic E-state index is 0.252. The first-order chi connectivity index (χ1) is 45.3. The van der Waals surface area contributed by atoms with Crippen molar-refractivity contribution >= 4 is 5.91 Å². The van der Waals surface area contributed by atoms with Crippen LogP contribution in [0.2, 0.25) is 0 Å². The van der Waals surface area contributed by atoms with Crippen LogP contribution in [-0.2, 0) is 33.2 Å². The van der Waals surface area contributed by atoms with E-state index in [2.05, 4.69) is 116 Å². The molecule has 0 aromatic rings. The molecule has 17 atom stereocenters. The Hall–Kier alpha value is -3.29. The average molecular weight is 1320 g/mol. The highest BCUT2D eigenvalue weighted by atomic mass is 16.8. The van der Waals surface area contributed by atoms with Crippen LogP contribution in [0.25, 0.3) is 0 Å². The smallest absolute Gasteiger partial charge is 0.220 e. The van der Waals surface area contributed by atoms with Crippen LogP contribution in [-0.4, -0.2) is 193 Å². The molecule has 93 heavy (non-hydrogen) atoms. The van der Waals surface area contributed by atoms with E-state index in [0.29, 0.717) is 12.8 Å². The molecule has 3 saturated heterocycles. The van der Waals surface area contributed by atoms with Crippen LogP contribution >= 0.6 is 0 Å². The molecule has 0 aromatic heterocycles. The first kappa shape index (κ1) is 83.9. The van der Waals surface area contributed by atoms with Gasteiger partial charge in [0, 0.05) is 6.42 Å². The highest BCUT2D eigenvalue weighted by Crippen LogP contribution is 2.33. The summed E-state index contributed by atoms with van der Waals surface area (Å²) >= 11 is 0. The summed E-state index contributed by atoms with van der Waals surface area (Å²) in [6.07, 6.45) is 44.9. The van der Waals surface area contributed by atoms with Gasteiger partial charge in [0.2, 0.25) is 5.91 Å². The summed E-state index contributed by atoms with van der Waals surface area (Å²) in [5.74, 6) is -0.252. The molecular weight excluding hydrogens is 1190 g/mol. The number of carbonyl (C=O) groups is 1. The van der Waals surface area contributed by atoms with Gasteiger partial charge in [-0.3, -0.25) is 4.79 Å². The van der Waals surface area contributed by atoms with Crippen molar-refractivity contribution in [2.24, 2.45) is 0 Å². The van der Waals surface area contributed by atoms with Crippen LogP contribution in [0.1, 0.15) is 232 Å². The number of rotatable bonds is 54. The molecule has 0 bridgehead atoms. The molecule has 0 radical (unpaired) electrons. The van der Waals surface area contributed by atoms with Gasteiger partial charge in [0.05, 0.1) is 38.6 Å². The summed E-state index contributed by atoms with van der Waals surface area (Å²) < 4.78 is 34.4. The predicted molar refractivity (Wildman–Crippen MR) is 364 cm³/mol. The summed E-state index contributed by atoms with van der Waals surface area (Å²) in [7, 11) is 0. The fourth-order valence-corrected chi connectivity index (χ4v) is 11.6. The number of hydrogen-bond donors (Lipinski definition) is 12. The molecule has 3 heterocycles. The number of hydrogen-bond acceptors (Lipinski definition) is 18. The Morgan fingerprint density at radius 1 is 0.398 bits per heavy atom. The summed E-state index contributed by atoms with van der Waals surface area (Å²) in [5, 5.41) is 121. The van der Waals surface area contributed by atoms with Crippen LogP contribution in [0.3, 0.4) is 0 Å². The lowest BCUT2D eigenvalue weighted by atomic mass is 9.96. The fourth-order valence-electron chi connectivity index (χ4n) is 11.6. The maximum atomic E-state index is 13.4. The molecule has 3 rings (SSSR count).